The molecule has 7 heteroatoms. The van der Waals surface area contributed by atoms with Crippen molar-refractivity contribution >= 4 is 29.4 Å². The maximum absolute atomic E-state index is 12.1. The molecular weight excluding hydrogens is 266 g/mol. The molecule has 1 unspecified atom stereocenters. The molecule has 6 nitrogen and oxygen atoms in total. The van der Waals surface area contributed by atoms with Gasteiger partial charge < -0.3 is 15.3 Å². The standard InChI is InChI=1S/C12H15N3O3S/c1-7-3-4-9(8(2)13-7)14-12(18)15-6-19-5-10(15)11(16)17/h3-4,10H,5-6H2,1-2H3,(H,14,18)(H,16,17). The molecular formula is C12H15N3O3S. The number of pyridine rings is 1. The first-order valence-corrected chi connectivity index (χ1v) is 6.97. The summed E-state index contributed by atoms with van der Waals surface area (Å²) in [5.41, 5.74) is 2.19. The van der Waals surface area contributed by atoms with Gasteiger partial charge in [0.15, 0.2) is 0 Å². The Hall–Kier alpha value is -1.76. The predicted molar refractivity (Wildman–Crippen MR) is 73.3 cm³/mol. The zero-order chi connectivity index (χ0) is 14.0. The van der Waals surface area contributed by atoms with Crippen molar-refractivity contribution in [3.8, 4) is 0 Å². The number of anilines is 1. The normalized spacial score (nSPS) is 18.4. The second kappa shape index (κ2) is 5.48. The Labute approximate surface area is 115 Å². The quantitative estimate of drug-likeness (QED) is 0.862. The Kier molecular flexibility index (Phi) is 3.94. The summed E-state index contributed by atoms with van der Waals surface area (Å²) in [5, 5.41) is 11.8. The third-order valence-corrected chi connectivity index (χ3v) is 3.91. The van der Waals surface area contributed by atoms with Crippen LogP contribution in [0.5, 0.6) is 0 Å². The molecule has 0 saturated carbocycles. The van der Waals surface area contributed by atoms with E-state index in [2.05, 4.69) is 10.3 Å². The summed E-state index contributed by atoms with van der Waals surface area (Å²) in [6, 6.07) is 2.42. The summed E-state index contributed by atoms with van der Waals surface area (Å²) in [6.45, 7) is 3.67. The minimum atomic E-state index is -0.973. The van der Waals surface area contributed by atoms with Crippen molar-refractivity contribution in [2.75, 3.05) is 16.9 Å². The van der Waals surface area contributed by atoms with Crippen LogP contribution >= 0.6 is 11.8 Å². The fourth-order valence-electron chi connectivity index (χ4n) is 1.85. The first-order valence-electron chi connectivity index (χ1n) is 5.81. The molecule has 1 aromatic heterocycles. The van der Waals surface area contributed by atoms with Crippen LogP contribution in [0.1, 0.15) is 11.4 Å². The Bertz CT molecular complexity index is 521. The average Bonchev–Trinajstić information content (AvgIpc) is 2.82. The number of nitrogens with zero attached hydrogens (tertiary/aromatic N) is 2. The van der Waals surface area contributed by atoms with E-state index in [4.69, 9.17) is 5.11 Å². The largest absolute Gasteiger partial charge is 0.480 e. The number of carbonyl (C=O) groups is 2. The Morgan fingerprint density at radius 1 is 1.47 bits per heavy atom. The predicted octanol–water partition coefficient (Wildman–Crippen LogP) is 1.69. The first-order chi connectivity index (χ1) is 8.99. The van der Waals surface area contributed by atoms with E-state index in [1.165, 1.54) is 16.7 Å². The minimum Gasteiger partial charge on any atom is -0.480 e. The van der Waals surface area contributed by atoms with Crippen molar-refractivity contribution in [3.63, 3.8) is 0 Å². The van der Waals surface area contributed by atoms with Crippen molar-refractivity contribution in [2.24, 2.45) is 0 Å². The lowest BCUT2D eigenvalue weighted by Gasteiger charge is -2.21. The third-order valence-electron chi connectivity index (χ3n) is 2.89. The van der Waals surface area contributed by atoms with Gasteiger partial charge in [0.25, 0.3) is 0 Å². The van der Waals surface area contributed by atoms with Gasteiger partial charge in [0.1, 0.15) is 6.04 Å². The molecule has 1 aliphatic heterocycles. The lowest BCUT2D eigenvalue weighted by Crippen LogP contribution is -2.44. The number of rotatable bonds is 2. The number of thioether (sulfide) groups is 1. The van der Waals surface area contributed by atoms with Gasteiger partial charge in [0, 0.05) is 11.4 Å². The molecule has 2 rings (SSSR count). The van der Waals surface area contributed by atoms with Crippen LogP contribution in [0, 0.1) is 13.8 Å². The van der Waals surface area contributed by atoms with Gasteiger partial charge >= 0.3 is 12.0 Å². The van der Waals surface area contributed by atoms with Gasteiger partial charge in [-0.2, -0.15) is 0 Å². The summed E-state index contributed by atoms with van der Waals surface area (Å²) >= 11 is 1.43. The maximum Gasteiger partial charge on any atom is 0.327 e. The number of aryl methyl sites for hydroxylation is 2. The number of carboxylic acids is 1. The molecule has 1 aliphatic rings. The highest BCUT2D eigenvalue weighted by atomic mass is 32.2. The van der Waals surface area contributed by atoms with E-state index in [-0.39, 0.29) is 0 Å². The zero-order valence-electron chi connectivity index (χ0n) is 10.7. The number of aliphatic carboxylic acids is 1. The van der Waals surface area contributed by atoms with Gasteiger partial charge in [-0.3, -0.25) is 4.98 Å². The van der Waals surface area contributed by atoms with Crippen molar-refractivity contribution in [3.05, 3.63) is 23.5 Å². The molecule has 2 amide bonds. The molecule has 1 fully saturated rings. The number of carboxylic acid groups (broad SMARTS) is 1. The molecule has 1 atom stereocenters. The Balaban J connectivity index is 2.10. The molecule has 1 aromatic rings. The fourth-order valence-corrected chi connectivity index (χ4v) is 3.00. The summed E-state index contributed by atoms with van der Waals surface area (Å²) in [4.78, 5) is 28.7. The number of hydrogen-bond donors (Lipinski definition) is 2. The van der Waals surface area contributed by atoms with Crippen LogP contribution in [-0.2, 0) is 4.79 Å². The van der Waals surface area contributed by atoms with E-state index in [1.807, 2.05) is 6.92 Å². The van der Waals surface area contributed by atoms with Crippen LogP contribution in [0.2, 0.25) is 0 Å². The van der Waals surface area contributed by atoms with Crippen LogP contribution in [-0.4, -0.2) is 44.7 Å². The van der Waals surface area contributed by atoms with Crippen molar-refractivity contribution in [1.29, 1.82) is 0 Å². The smallest absolute Gasteiger partial charge is 0.327 e. The van der Waals surface area contributed by atoms with Crippen LogP contribution < -0.4 is 5.32 Å². The van der Waals surface area contributed by atoms with E-state index in [0.717, 1.165) is 5.69 Å². The van der Waals surface area contributed by atoms with Crippen LogP contribution in [0.25, 0.3) is 0 Å². The van der Waals surface area contributed by atoms with Crippen LogP contribution in [0.4, 0.5) is 10.5 Å². The van der Waals surface area contributed by atoms with Crippen molar-refractivity contribution < 1.29 is 14.7 Å². The molecule has 2 N–H and O–H groups in total. The monoisotopic (exact) mass is 281 g/mol. The second-order valence-corrected chi connectivity index (χ2v) is 5.34. The van der Waals surface area contributed by atoms with E-state index in [1.54, 1.807) is 19.1 Å². The third kappa shape index (κ3) is 2.98. The first kappa shape index (κ1) is 13.7. The van der Waals surface area contributed by atoms with Crippen LogP contribution in [0.15, 0.2) is 12.1 Å². The Morgan fingerprint density at radius 2 is 2.21 bits per heavy atom. The summed E-state index contributed by atoms with van der Waals surface area (Å²) in [7, 11) is 0. The van der Waals surface area contributed by atoms with Gasteiger partial charge in [-0.1, -0.05) is 0 Å². The van der Waals surface area contributed by atoms with Gasteiger partial charge in [0.05, 0.1) is 17.3 Å². The maximum atomic E-state index is 12.1. The molecule has 0 aliphatic carbocycles. The number of amides is 2. The molecule has 1 saturated heterocycles. The lowest BCUT2D eigenvalue weighted by molar-refractivity contribution is -0.140. The van der Waals surface area contributed by atoms with Crippen molar-refractivity contribution in [1.82, 2.24) is 9.88 Å². The number of hydrogen-bond acceptors (Lipinski definition) is 4. The highest BCUT2D eigenvalue weighted by Gasteiger charge is 2.34. The molecule has 0 radical (unpaired) electrons. The van der Waals surface area contributed by atoms with E-state index < -0.39 is 18.0 Å². The Morgan fingerprint density at radius 3 is 2.84 bits per heavy atom. The molecule has 2 heterocycles. The minimum absolute atomic E-state index is 0.390. The molecule has 0 bridgehead atoms. The van der Waals surface area contributed by atoms with Crippen molar-refractivity contribution in [2.45, 2.75) is 19.9 Å². The SMILES string of the molecule is Cc1ccc(NC(=O)N2CSCC2C(=O)O)c(C)n1. The van der Waals surface area contributed by atoms with E-state index in [0.29, 0.717) is 23.0 Å². The highest BCUT2D eigenvalue weighted by molar-refractivity contribution is 7.99. The summed E-state index contributed by atoms with van der Waals surface area (Å²) < 4.78 is 0. The lowest BCUT2D eigenvalue weighted by atomic mass is 10.2. The van der Waals surface area contributed by atoms with Gasteiger partial charge in [-0.15, -0.1) is 11.8 Å². The van der Waals surface area contributed by atoms with Gasteiger partial charge in [-0.25, -0.2) is 9.59 Å². The summed E-state index contributed by atoms with van der Waals surface area (Å²) in [5.74, 6) is -0.159. The van der Waals surface area contributed by atoms with Gasteiger partial charge in [-0.05, 0) is 26.0 Å². The fraction of sp³-hybridized carbons (Fsp3) is 0.417. The topological polar surface area (TPSA) is 82.5 Å². The highest BCUT2D eigenvalue weighted by Crippen LogP contribution is 2.22. The van der Waals surface area contributed by atoms with E-state index >= 15 is 0 Å². The average molecular weight is 281 g/mol. The van der Waals surface area contributed by atoms with Crippen LogP contribution in [0.3, 0.4) is 0 Å². The zero-order valence-corrected chi connectivity index (χ0v) is 11.5. The number of nitrogens with one attached hydrogen (secondary N) is 1. The number of urea groups is 1. The molecule has 102 valence electrons. The molecule has 0 spiro atoms. The second-order valence-electron chi connectivity index (χ2n) is 4.34. The number of carbonyl (C=O) groups excluding carboxylic acids is 1. The van der Waals surface area contributed by atoms with E-state index in [9.17, 15) is 9.59 Å². The number of aromatic nitrogens is 1. The van der Waals surface area contributed by atoms with Gasteiger partial charge in [0.2, 0.25) is 0 Å². The summed E-state index contributed by atoms with van der Waals surface area (Å²) in [6.07, 6.45) is 0. The molecule has 19 heavy (non-hydrogen) atoms. The molecule has 0 aromatic carbocycles.